The fourth-order valence-electron chi connectivity index (χ4n) is 3.10. The van der Waals surface area contributed by atoms with Crippen molar-refractivity contribution in [1.29, 1.82) is 0 Å². The Hall–Kier alpha value is -1.46. The number of nitrogens with two attached hydrogens (primary N) is 2. The van der Waals surface area contributed by atoms with Gasteiger partial charge in [0.25, 0.3) is 0 Å². The molecule has 1 aromatic rings. The number of nitrogens with zero attached hydrogens (tertiary/aromatic N) is 1. The number of carbonyl (C=O) groups is 1. The van der Waals surface area contributed by atoms with Gasteiger partial charge in [0, 0.05) is 18.8 Å². The Balaban J connectivity index is 2.15. The normalized spacial score (nSPS) is 23.6. The van der Waals surface area contributed by atoms with E-state index >= 15 is 0 Å². The molecule has 1 atom stereocenters. The maximum absolute atomic E-state index is 11.5. The van der Waals surface area contributed by atoms with E-state index in [1.165, 1.54) is 12.3 Å². The maximum Gasteiger partial charge on any atom is 0.353 e. The van der Waals surface area contributed by atoms with Crippen molar-refractivity contribution in [3.63, 3.8) is 0 Å². The zero-order valence-electron chi connectivity index (χ0n) is 12.6. The van der Waals surface area contributed by atoms with Crippen molar-refractivity contribution in [2.75, 3.05) is 6.54 Å². The predicted molar refractivity (Wildman–Crippen MR) is 83.1 cm³/mol. The first-order chi connectivity index (χ1) is 10.7. The van der Waals surface area contributed by atoms with E-state index in [-0.39, 0.29) is 24.2 Å². The number of aliphatic hydroxyl groups is 1. The molecule has 130 valence electrons. The molecule has 2 rings (SSSR count). The molecule has 1 saturated carbocycles. The summed E-state index contributed by atoms with van der Waals surface area (Å²) in [6.45, 7) is 0.125. The van der Waals surface area contributed by atoms with Crippen LogP contribution in [-0.4, -0.2) is 47.4 Å². The van der Waals surface area contributed by atoms with Crippen LogP contribution in [0.15, 0.2) is 12.3 Å². The van der Waals surface area contributed by atoms with Crippen LogP contribution in [0, 0.1) is 0 Å². The van der Waals surface area contributed by atoms with Gasteiger partial charge in [-0.05, 0) is 43.2 Å². The smallest absolute Gasteiger partial charge is 0.353 e. The highest BCUT2D eigenvalue weighted by atomic mass is 32.2. The second-order valence-corrected chi connectivity index (χ2v) is 7.16. The summed E-state index contributed by atoms with van der Waals surface area (Å²) < 4.78 is 23.6. The Morgan fingerprint density at radius 2 is 2.00 bits per heavy atom. The zero-order chi connectivity index (χ0) is 17.2. The fraction of sp³-hybridized carbons (Fsp3) is 0.615. The molecule has 9 nitrogen and oxygen atoms in total. The number of aliphatic hydroxyl groups excluding tert-OH is 1. The van der Waals surface area contributed by atoms with Gasteiger partial charge in [-0.1, -0.05) is 0 Å². The van der Waals surface area contributed by atoms with Crippen LogP contribution in [0.1, 0.15) is 47.7 Å². The van der Waals surface area contributed by atoms with Crippen LogP contribution in [0.2, 0.25) is 0 Å². The molecule has 0 saturated heterocycles. The van der Waals surface area contributed by atoms with Crippen LogP contribution in [0.3, 0.4) is 0 Å². The molecular formula is C13H22N4O5S. The van der Waals surface area contributed by atoms with Crippen molar-refractivity contribution in [1.82, 2.24) is 9.29 Å². The molecule has 1 unspecified atom stereocenters. The highest BCUT2D eigenvalue weighted by Gasteiger charge is 2.30. The monoisotopic (exact) mass is 346 g/mol. The number of hydrogen-bond acceptors (Lipinski definition) is 6. The first-order valence-corrected chi connectivity index (χ1v) is 8.86. The molecule has 0 aromatic carbocycles. The molecule has 10 heteroatoms. The molecule has 7 N–H and O–H groups in total. The van der Waals surface area contributed by atoms with Crippen LogP contribution in [0.25, 0.3) is 0 Å². The number of nitrogens with one attached hydrogen (secondary N) is 1. The third-order valence-corrected chi connectivity index (χ3v) is 5.03. The average molecular weight is 346 g/mol. The van der Waals surface area contributed by atoms with Gasteiger partial charge < -0.3 is 15.9 Å². The van der Waals surface area contributed by atoms with Crippen molar-refractivity contribution in [3.05, 3.63) is 23.5 Å². The van der Waals surface area contributed by atoms with E-state index in [0.717, 1.165) is 12.8 Å². The van der Waals surface area contributed by atoms with Crippen molar-refractivity contribution in [2.24, 2.45) is 10.9 Å². The molecule has 0 radical (unpaired) electrons. The van der Waals surface area contributed by atoms with Crippen LogP contribution >= 0.6 is 0 Å². The highest BCUT2D eigenvalue weighted by Crippen LogP contribution is 2.35. The lowest BCUT2D eigenvalue weighted by Crippen LogP contribution is -2.44. The van der Waals surface area contributed by atoms with Crippen molar-refractivity contribution in [3.8, 4) is 0 Å². The quantitative estimate of drug-likeness (QED) is 0.418. The second kappa shape index (κ2) is 6.97. The highest BCUT2D eigenvalue weighted by molar-refractivity contribution is 7.87. The van der Waals surface area contributed by atoms with E-state index < -0.39 is 22.4 Å². The predicted octanol–water partition coefficient (Wildman–Crippen LogP) is -0.869. The minimum Gasteiger partial charge on any atom is -0.477 e. The van der Waals surface area contributed by atoms with Crippen LogP contribution in [-0.2, 0) is 10.2 Å². The minimum absolute atomic E-state index is 0.0582. The first kappa shape index (κ1) is 17.9. The Morgan fingerprint density at radius 3 is 2.48 bits per heavy atom. The van der Waals surface area contributed by atoms with Gasteiger partial charge >= 0.3 is 16.2 Å². The standard InChI is InChI=1S/C13H22N4O5S/c14-7-11(18)16-9-3-1-8(2-4-9)10-5-6-17(23(15,21)22)12(10)13(19)20/h5-6,8-9,11,16,18H,1-4,7,14H2,(H,19,20)(H2,15,21,22)/t8-,9-,11?. The van der Waals surface area contributed by atoms with E-state index in [2.05, 4.69) is 5.32 Å². The molecule has 1 aliphatic rings. The molecule has 23 heavy (non-hydrogen) atoms. The molecule has 0 bridgehead atoms. The van der Waals surface area contributed by atoms with E-state index in [4.69, 9.17) is 10.9 Å². The lowest BCUT2D eigenvalue weighted by atomic mass is 9.81. The summed E-state index contributed by atoms with van der Waals surface area (Å²) in [6.07, 6.45) is 3.27. The summed E-state index contributed by atoms with van der Waals surface area (Å²) in [7, 11) is -4.15. The molecule has 0 aliphatic heterocycles. The van der Waals surface area contributed by atoms with E-state index in [9.17, 15) is 23.4 Å². The number of hydrogen-bond donors (Lipinski definition) is 5. The summed E-state index contributed by atoms with van der Waals surface area (Å²) in [5, 5.41) is 26.9. The Bertz CT molecular complexity index is 664. The molecule has 0 amide bonds. The Morgan fingerprint density at radius 1 is 1.39 bits per heavy atom. The molecule has 1 fully saturated rings. The largest absolute Gasteiger partial charge is 0.477 e. The van der Waals surface area contributed by atoms with Crippen LogP contribution < -0.4 is 16.2 Å². The van der Waals surface area contributed by atoms with Crippen LogP contribution in [0.5, 0.6) is 0 Å². The number of rotatable bonds is 6. The number of aromatic carboxylic acids is 1. The summed E-state index contributed by atoms with van der Waals surface area (Å²) in [4.78, 5) is 11.4. The maximum atomic E-state index is 11.5. The third kappa shape index (κ3) is 4.09. The lowest BCUT2D eigenvalue weighted by molar-refractivity contribution is 0.0687. The first-order valence-electron chi connectivity index (χ1n) is 7.36. The second-order valence-electron chi connectivity index (χ2n) is 5.73. The SMILES string of the molecule is NCC(O)N[C@H]1CC[C@H](c2ccn(S(N)(=O)=O)c2C(=O)O)CC1. The summed E-state index contributed by atoms with van der Waals surface area (Å²) in [6, 6.07) is 1.61. The molecule has 0 spiro atoms. The van der Waals surface area contributed by atoms with Gasteiger partial charge in [-0.25, -0.2) is 13.9 Å². The van der Waals surface area contributed by atoms with Crippen molar-refractivity contribution in [2.45, 2.75) is 43.9 Å². The van der Waals surface area contributed by atoms with Gasteiger partial charge in [-0.3, -0.25) is 5.32 Å². The van der Waals surface area contributed by atoms with Gasteiger partial charge in [0.15, 0.2) is 0 Å². The summed E-state index contributed by atoms with van der Waals surface area (Å²) in [5.74, 6) is -1.38. The summed E-state index contributed by atoms with van der Waals surface area (Å²) >= 11 is 0. The van der Waals surface area contributed by atoms with E-state index in [1.54, 1.807) is 0 Å². The minimum atomic E-state index is -4.15. The number of carboxylic acid groups (broad SMARTS) is 1. The lowest BCUT2D eigenvalue weighted by Gasteiger charge is -2.30. The zero-order valence-corrected chi connectivity index (χ0v) is 13.4. The molecule has 1 heterocycles. The number of carboxylic acids is 1. The van der Waals surface area contributed by atoms with Gasteiger partial charge in [-0.2, -0.15) is 8.42 Å². The van der Waals surface area contributed by atoms with E-state index in [1.807, 2.05) is 0 Å². The molecule has 1 aromatic heterocycles. The van der Waals surface area contributed by atoms with Gasteiger partial charge in [0.1, 0.15) is 11.9 Å². The van der Waals surface area contributed by atoms with E-state index in [0.29, 0.717) is 22.4 Å². The van der Waals surface area contributed by atoms with Crippen LogP contribution in [0.4, 0.5) is 0 Å². The fourth-order valence-corrected chi connectivity index (χ4v) is 3.77. The van der Waals surface area contributed by atoms with Crippen molar-refractivity contribution >= 4 is 16.2 Å². The van der Waals surface area contributed by atoms with Gasteiger partial charge in [0.05, 0.1) is 0 Å². The Kier molecular flexibility index (Phi) is 5.42. The molecule has 1 aliphatic carbocycles. The van der Waals surface area contributed by atoms with Crippen molar-refractivity contribution < 1.29 is 23.4 Å². The topological polar surface area (TPSA) is 161 Å². The van der Waals surface area contributed by atoms with Gasteiger partial charge in [0.2, 0.25) is 0 Å². The molecular weight excluding hydrogens is 324 g/mol. The average Bonchev–Trinajstić information content (AvgIpc) is 2.93. The summed E-state index contributed by atoms with van der Waals surface area (Å²) in [5.41, 5.74) is 5.53. The number of aromatic nitrogens is 1. The third-order valence-electron chi connectivity index (χ3n) is 4.18. The Labute approximate surface area is 134 Å². The van der Waals surface area contributed by atoms with Gasteiger partial charge in [-0.15, -0.1) is 0 Å².